The van der Waals surface area contributed by atoms with Crippen molar-refractivity contribution in [2.75, 3.05) is 20.6 Å². The molecule has 2 nitrogen and oxygen atoms in total. The fourth-order valence-corrected chi connectivity index (χ4v) is 7.33. The van der Waals surface area contributed by atoms with Crippen LogP contribution in [0, 0.1) is 5.41 Å². The molecule has 3 rings (SSSR count). The number of likely N-dealkylation sites (N-methyl/N-ethyl adjacent to an activating group) is 1. The average molecular weight is 402 g/mol. The Bertz CT molecular complexity index is 668. The Hall–Kier alpha value is -0.930. The summed E-state index contributed by atoms with van der Waals surface area (Å²) in [4.78, 5) is 3.95. The minimum Gasteiger partial charge on any atom is -0.383 e. The number of nitrogens with zero attached hydrogens (tertiary/aromatic N) is 1. The molecule has 3 heteroatoms. The Kier molecular flexibility index (Phi) is 7.20. The zero-order chi connectivity index (χ0) is 20.3. The molecule has 2 fully saturated rings. The van der Waals surface area contributed by atoms with Crippen molar-refractivity contribution in [1.29, 1.82) is 0 Å². The minimum absolute atomic E-state index is 0.349. The van der Waals surface area contributed by atoms with Gasteiger partial charge in [-0.25, -0.2) is 0 Å². The van der Waals surface area contributed by atoms with E-state index in [0.29, 0.717) is 10.8 Å². The first-order valence-corrected chi connectivity index (χ1v) is 12.2. The molecule has 0 aromatic carbocycles. The van der Waals surface area contributed by atoms with Crippen LogP contribution in [0.15, 0.2) is 47.2 Å². The van der Waals surface area contributed by atoms with Gasteiger partial charge < -0.3 is 9.80 Å². The zero-order valence-electron chi connectivity index (χ0n) is 18.9. The van der Waals surface area contributed by atoms with E-state index in [1.54, 1.807) is 5.57 Å². The van der Waals surface area contributed by atoms with Gasteiger partial charge >= 0.3 is 0 Å². The van der Waals surface area contributed by atoms with Crippen molar-refractivity contribution in [2.45, 2.75) is 82.9 Å². The van der Waals surface area contributed by atoms with Crippen molar-refractivity contribution < 1.29 is 4.90 Å². The Morgan fingerprint density at radius 1 is 1.25 bits per heavy atom. The molecule has 3 aliphatic rings. The minimum atomic E-state index is 0.349. The van der Waals surface area contributed by atoms with Crippen molar-refractivity contribution in [2.24, 2.45) is 5.41 Å². The monoisotopic (exact) mass is 401 g/mol. The number of rotatable bonds is 5. The largest absolute Gasteiger partial charge is 0.383 e. The zero-order valence-corrected chi connectivity index (χ0v) is 19.7. The first kappa shape index (κ1) is 21.8. The third-order valence-electron chi connectivity index (χ3n) is 6.40. The van der Waals surface area contributed by atoms with Crippen LogP contribution in [0.1, 0.15) is 66.2 Å². The quantitative estimate of drug-likeness (QED) is 0.651. The number of thioether (sulfide) groups is 1. The molecule has 0 aromatic heterocycles. The molecule has 2 aliphatic carbocycles. The van der Waals surface area contributed by atoms with E-state index in [-0.39, 0.29) is 0 Å². The molecule has 1 saturated carbocycles. The highest BCUT2D eigenvalue weighted by Gasteiger charge is 2.45. The van der Waals surface area contributed by atoms with Crippen LogP contribution < -0.4 is 4.90 Å². The van der Waals surface area contributed by atoms with Crippen molar-refractivity contribution in [3.63, 3.8) is 0 Å². The maximum atomic E-state index is 2.64. The first-order chi connectivity index (χ1) is 13.3. The highest BCUT2D eigenvalue weighted by atomic mass is 32.2. The van der Waals surface area contributed by atoms with Gasteiger partial charge in [-0.3, -0.25) is 0 Å². The molecule has 1 aliphatic heterocycles. The Balaban J connectivity index is 1.80. The van der Waals surface area contributed by atoms with Crippen LogP contribution in [-0.2, 0) is 0 Å². The lowest BCUT2D eigenvalue weighted by Crippen LogP contribution is -3.17. The molecule has 0 bridgehead atoms. The second kappa shape index (κ2) is 9.26. The fraction of sp³-hybridized carbons (Fsp3) is 0.680. The van der Waals surface area contributed by atoms with Gasteiger partial charge in [-0.2, -0.15) is 0 Å². The fourth-order valence-electron chi connectivity index (χ4n) is 5.39. The molecule has 28 heavy (non-hydrogen) atoms. The lowest BCUT2D eigenvalue weighted by molar-refractivity contribution is -0.922. The predicted molar refractivity (Wildman–Crippen MR) is 125 cm³/mol. The lowest BCUT2D eigenvalue weighted by Gasteiger charge is -2.32. The van der Waals surface area contributed by atoms with Crippen LogP contribution in [-0.4, -0.2) is 42.2 Å². The number of hydrogen-bond acceptors (Lipinski definition) is 2. The van der Waals surface area contributed by atoms with Crippen molar-refractivity contribution in [3.8, 4) is 0 Å². The van der Waals surface area contributed by atoms with Gasteiger partial charge in [-0.1, -0.05) is 50.3 Å². The summed E-state index contributed by atoms with van der Waals surface area (Å²) in [6.07, 6.45) is 20.1. The van der Waals surface area contributed by atoms with E-state index in [0.717, 1.165) is 11.3 Å². The number of fused-ring (bicyclic) bond motifs is 1. The van der Waals surface area contributed by atoms with Crippen LogP contribution >= 0.6 is 11.8 Å². The van der Waals surface area contributed by atoms with E-state index in [1.807, 2.05) is 4.90 Å². The highest BCUT2D eigenvalue weighted by molar-refractivity contribution is 8.00. The van der Waals surface area contributed by atoms with Crippen LogP contribution in [0.25, 0.3) is 0 Å². The van der Waals surface area contributed by atoms with E-state index in [9.17, 15) is 0 Å². The summed E-state index contributed by atoms with van der Waals surface area (Å²) in [7, 11) is 4.17. The van der Waals surface area contributed by atoms with E-state index >= 15 is 0 Å². The highest BCUT2D eigenvalue weighted by Crippen LogP contribution is 2.40. The third-order valence-corrected chi connectivity index (χ3v) is 8.04. The van der Waals surface area contributed by atoms with Gasteiger partial charge in [-0.05, 0) is 67.7 Å². The number of allylic oxidation sites excluding steroid dienone is 6. The molecule has 0 radical (unpaired) electrons. The summed E-state index contributed by atoms with van der Waals surface area (Å²) in [5, 5.41) is 1.54. The van der Waals surface area contributed by atoms with Gasteiger partial charge in [-0.15, -0.1) is 0 Å². The maximum Gasteiger partial charge on any atom is 0.154 e. The summed E-state index contributed by atoms with van der Waals surface area (Å²) < 4.78 is 0. The summed E-state index contributed by atoms with van der Waals surface area (Å²) >= 11 is 2.27. The van der Waals surface area contributed by atoms with E-state index in [2.05, 4.69) is 89.0 Å². The van der Waals surface area contributed by atoms with E-state index in [1.165, 1.54) is 56.2 Å². The SMILES string of the molecule is CC[NH+]1C(/C=C2C=C(/C=C/C(C)=C\N(C)C)CC(C)(C)C/2)SC2CCCCC21. The molecule has 0 aromatic rings. The summed E-state index contributed by atoms with van der Waals surface area (Å²) in [5.41, 5.74) is 4.69. The van der Waals surface area contributed by atoms with Gasteiger partial charge in [0.05, 0.1) is 11.8 Å². The molecule has 1 saturated heterocycles. The summed E-state index contributed by atoms with van der Waals surface area (Å²) in [5.74, 6) is 0. The van der Waals surface area contributed by atoms with E-state index in [4.69, 9.17) is 0 Å². The smallest absolute Gasteiger partial charge is 0.154 e. The molecule has 1 heterocycles. The third kappa shape index (κ3) is 5.57. The Morgan fingerprint density at radius 3 is 2.71 bits per heavy atom. The molecule has 0 amide bonds. The van der Waals surface area contributed by atoms with Gasteiger partial charge in [0, 0.05) is 26.7 Å². The molecular weight excluding hydrogens is 360 g/mol. The second-order valence-electron chi connectivity index (χ2n) is 10.1. The first-order valence-electron chi connectivity index (χ1n) is 11.2. The van der Waals surface area contributed by atoms with Crippen molar-refractivity contribution in [1.82, 2.24) is 4.90 Å². The second-order valence-corrected chi connectivity index (χ2v) is 11.4. The Morgan fingerprint density at radius 2 is 2.00 bits per heavy atom. The van der Waals surface area contributed by atoms with Gasteiger partial charge in [0.1, 0.15) is 6.04 Å². The molecule has 4 unspecified atom stereocenters. The van der Waals surface area contributed by atoms with Crippen LogP contribution in [0.4, 0.5) is 0 Å². The van der Waals surface area contributed by atoms with Crippen LogP contribution in [0.2, 0.25) is 0 Å². The summed E-state index contributed by atoms with van der Waals surface area (Å²) in [6, 6.07) is 0.893. The van der Waals surface area contributed by atoms with Gasteiger partial charge in [0.25, 0.3) is 0 Å². The van der Waals surface area contributed by atoms with E-state index < -0.39 is 0 Å². The average Bonchev–Trinajstić information content (AvgIpc) is 2.95. The van der Waals surface area contributed by atoms with Crippen molar-refractivity contribution in [3.05, 3.63) is 47.2 Å². The van der Waals surface area contributed by atoms with Crippen LogP contribution in [0.5, 0.6) is 0 Å². The van der Waals surface area contributed by atoms with Gasteiger partial charge in [0.15, 0.2) is 5.37 Å². The molecule has 4 atom stereocenters. The molecule has 1 N–H and O–H groups in total. The normalized spacial score (nSPS) is 34.6. The number of nitrogens with one attached hydrogen (secondary N) is 1. The lowest BCUT2D eigenvalue weighted by atomic mass is 9.75. The predicted octanol–water partition coefficient (Wildman–Crippen LogP) is 4.97. The standard InChI is InChI=1S/C25H40N2S/c1-7-27-22-10-8-9-11-23(22)28-24(27)15-21-14-20(16-25(3,4)17-21)13-12-19(2)18-26(5)6/h12-15,18,22-24H,7-11,16-17H2,1-6H3/p+1/b13-12+,19-18-,21-15-. The molecule has 0 spiro atoms. The number of hydrogen-bond donors (Lipinski definition) is 1. The number of quaternary nitrogens is 1. The molecular formula is C25H41N2S+. The van der Waals surface area contributed by atoms with Gasteiger partial charge in [0.2, 0.25) is 0 Å². The van der Waals surface area contributed by atoms with Crippen LogP contribution in [0.3, 0.4) is 0 Å². The topological polar surface area (TPSA) is 7.68 Å². The molecule has 156 valence electrons. The Labute approximate surface area is 177 Å². The van der Waals surface area contributed by atoms with Crippen molar-refractivity contribution >= 4 is 11.8 Å². The maximum absolute atomic E-state index is 2.64. The summed E-state index contributed by atoms with van der Waals surface area (Å²) in [6.45, 7) is 10.7.